The van der Waals surface area contributed by atoms with Crippen LogP contribution in [0.25, 0.3) is 5.52 Å². The lowest BCUT2D eigenvalue weighted by Gasteiger charge is -2.04. The Morgan fingerprint density at radius 2 is 2.14 bits per heavy atom. The van der Waals surface area contributed by atoms with Crippen molar-refractivity contribution in [2.45, 2.75) is 6.54 Å². The Bertz CT molecular complexity index is 857. The molecule has 110 valence electrons. The molecule has 0 aliphatic heterocycles. The molecule has 0 saturated heterocycles. The highest BCUT2D eigenvalue weighted by molar-refractivity contribution is 5.94. The van der Waals surface area contributed by atoms with Gasteiger partial charge in [0.05, 0.1) is 16.6 Å². The average Bonchev–Trinajstić information content (AvgIpc) is 2.96. The van der Waals surface area contributed by atoms with Crippen LogP contribution in [0.4, 0.5) is 5.69 Å². The smallest absolute Gasteiger partial charge is 0.270 e. The maximum Gasteiger partial charge on any atom is 0.270 e. The minimum Gasteiger partial charge on any atom is -0.348 e. The summed E-state index contributed by atoms with van der Waals surface area (Å²) in [7, 11) is 0. The number of nitro groups is 1. The van der Waals surface area contributed by atoms with E-state index in [1.54, 1.807) is 16.8 Å². The molecule has 22 heavy (non-hydrogen) atoms. The van der Waals surface area contributed by atoms with E-state index in [1.165, 1.54) is 18.2 Å². The second kappa shape index (κ2) is 5.65. The highest BCUT2D eigenvalue weighted by atomic mass is 16.6. The van der Waals surface area contributed by atoms with E-state index in [0.29, 0.717) is 6.54 Å². The lowest BCUT2D eigenvalue weighted by molar-refractivity contribution is -0.384. The molecule has 1 N–H and O–H groups in total. The summed E-state index contributed by atoms with van der Waals surface area (Å²) in [5.41, 5.74) is 1.93. The summed E-state index contributed by atoms with van der Waals surface area (Å²) in [6, 6.07) is 11.3. The van der Waals surface area contributed by atoms with Crippen molar-refractivity contribution in [3.05, 3.63) is 76.1 Å². The summed E-state index contributed by atoms with van der Waals surface area (Å²) in [6.45, 7) is 0.301. The van der Waals surface area contributed by atoms with Crippen LogP contribution in [0.3, 0.4) is 0 Å². The average molecular weight is 296 g/mol. The third kappa shape index (κ3) is 2.64. The summed E-state index contributed by atoms with van der Waals surface area (Å²) >= 11 is 0. The summed E-state index contributed by atoms with van der Waals surface area (Å²) in [6.07, 6.45) is 3.50. The molecule has 0 atom stereocenters. The lowest BCUT2D eigenvalue weighted by Crippen LogP contribution is -2.22. The van der Waals surface area contributed by atoms with Gasteiger partial charge in [-0.3, -0.25) is 14.9 Å². The zero-order valence-corrected chi connectivity index (χ0v) is 11.5. The van der Waals surface area contributed by atoms with Gasteiger partial charge in [0.15, 0.2) is 0 Å². The van der Waals surface area contributed by atoms with Crippen LogP contribution in [-0.4, -0.2) is 20.4 Å². The van der Waals surface area contributed by atoms with Crippen molar-refractivity contribution in [2.24, 2.45) is 0 Å². The van der Waals surface area contributed by atoms with E-state index in [9.17, 15) is 14.9 Å². The van der Waals surface area contributed by atoms with Crippen LogP contribution in [0, 0.1) is 10.1 Å². The molecule has 3 rings (SSSR count). The molecule has 2 heterocycles. The fraction of sp³-hybridized carbons (Fsp3) is 0.0667. The van der Waals surface area contributed by atoms with Gasteiger partial charge in [0.1, 0.15) is 0 Å². The highest BCUT2D eigenvalue weighted by Crippen LogP contribution is 2.14. The highest BCUT2D eigenvalue weighted by Gasteiger charge is 2.12. The first-order valence-corrected chi connectivity index (χ1v) is 6.59. The number of nitrogens with one attached hydrogen (secondary N) is 1. The van der Waals surface area contributed by atoms with E-state index in [1.807, 2.05) is 24.4 Å². The molecule has 0 spiro atoms. The Labute approximate surface area is 125 Å². The zero-order valence-electron chi connectivity index (χ0n) is 11.5. The quantitative estimate of drug-likeness (QED) is 0.590. The van der Waals surface area contributed by atoms with Crippen LogP contribution < -0.4 is 5.32 Å². The van der Waals surface area contributed by atoms with E-state index in [2.05, 4.69) is 10.4 Å². The van der Waals surface area contributed by atoms with Gasteiger partial charge in [-0.2, -0.15) is 5.10 Å². The van der Waals surface area contributed by atoms with E-state index in [0.717, 1.165) is 11.1 Å². The fourth-order valence-corrected chi connectivity index (χ4v) is 2.16. The number of hydrogen-bond donors (Lipinski definition) is 1. The first-order chi connectivity index (χ1) is 10.6. The lowest BCUT2D eigenvalue weighted by atomic mass is 10.2. The predicted octanol–water partition coefficient (Wildman–Crippen LogP) is 2.17. The number of rotatable bonds is 4. The summed E-state index contributed by atoms with van der Waals surface area (Å²) < 4.78 is 1.72. The topological polar surface area (TPSA) is 89.5 Å². The number of aromatic nitrogens is 2. The number of carbonyl (C=O) groups is 1. The van der Waals surface area contributed by atoms with Crippen molar-refractivity contribution < 1.29 is 9.72 Å². The second-order valence-electron chi connectivity index (χ2n) is 4.69. The first-order valence-electron chi connectivity index (χ1n) is 6.59. The van der Waals surface area contributed by atoms with Crippen molar-refractivity contribution >= 4 is 17.1 Å². The molecule has 3 aromatic rings. The van der Waals surface area contributed by atoms with Gasteiger partial charge in [0.25, 0.3) is 11.6 Å². The minimum absolute atomic E-state index is 0.108. The summed E-state index contributed by atoms with van der Waals surface area (Å²) in [4.78, 5) is 22.3. The van der Waals surface area contributed by atoms with Crippen LogP contribution in [0.2, 0.25) is 0 Å². The third-order valence-corrected chi connectivity index (χ3v) is 3.26. The van der Waals surface area contributed by atoms with Crippen molar-refractivity contribution in [1.29, 1.82) is 0 Å². The van der Waals surface area contributed by atoms with Crippen molar-refractivity contribution in [3.8, 4) is 0 Å². The van der Waals surface area contributed by atoms with Crippen LogP contribution in [-0.2, 0) is 6.54 Å². The van der Waals surface area contributed by atoms with E-state index in [4.69, 9.17) is 0 Å². The molecule has 0 aliphatic carbocycles. The molecule has 0 aliphatic rings. The first kappa shape index (κ1) is 13.7. The number of benzene rings is 1. The summed E-state index contributed by atoms with van der Waals surface area (Å²) in [5, 5.41) is 17.7. The van der Waals surface area contributed by atoms with Crippen LogP contribution >= 0.6 is 0 Å². The monoisotopic (exact) mass is 296 g/mol. The Kier molecular flexibility index (Phi) is 3.53. The Morgan fingerprint density at radius 1 is 1.27 bits per heavy atom. The molecule has 7 nitrogen and oxygen atoms in total. The number of hydrogen-bond acceptors (Lipinski definition) is 4. The van der Waals surface area contributed by atoms with Crippen molar-refractivity contribution in [2.75, 3.05) is 0 Å². The standard InChI is InChI=1S/C15H12N4O3/c20-15(11-4-3-5-13(8-11)19(21)22)16-9-12-10-17-18-7-2-1-6-14(12)18/h1-8,10H,9H2,(H,16,20). The minimum atomic E-state index is -0.526. The molecular weight excluding hydrogens is 284 g/mol. The van der Waals surface area contributed by atoms with Crippen LogP contribution in [0.15, 0.2) is 54.9 Å². The predicted molar refractivity (Wildman–Crippen MR) is 79.5 cm³/mol. The maximum atomic E-state index is 12.1. The van der Waals surface area contributed by atoms with Gasteiger partial charge >= 0.3 is 0 Å². The molecule has 0 saturated carbocycles. The normalized spacial score (nSPS) is 10.5. The van der Waals surface area contributed by atoms with Crippen LogP contribution in [0.1, 0.15) is 15.9 Å². The number of nitro benzene ring substituents is 1. The number of non-ortho nitro benzene ring substituents is 1. The number of nitrogens with zero attached hydrogens (tertiary/aromatic N) is 3. The molecule has 7 heteroatoms. The Balaban J connectivity index is 1.75. The fourth-order valence-electron chi connectivity index (χ4n) is 2.16. The van der Waals surface area contributed by atoms with Gasteiger partial charge in [0, 0.05) is 36.0 Å². The van der Waals surface area contributed by atoms with E-state index in [-0.39, 0.29) is 17.2 Å². The van der Waals surface area contributed by atoms with Crippen molar-refractivity contribution in [3.63, 3.8) is 0 Å². The number of carbonyl (C=O) groups excluding carboxylic acids is 1. The van der Waals surface area contributed by atoms with Crippen LogP contribution in [0.5, 0.6) is 0 Å². The third-order valence-electron chi connectivity index (χ3n) is 3.26. The Morgan fingerprint density at radius 3 is 2.95 bits per heavy atom. The SMILES string of the molecule is O=C(NCc1cnn2ccccc12)c1cccc([N+](=O)[O-])c1. The maximum absolute atomic E-state index is 12.1. The molecule has 1 aromatic carbocycles. The molecule has 1 amide bonds. The number of fused-ring (bicyclic) bond motifs is 1. The molecule has 0 radical (unpaired) electrons. The molecule has 0 bridgehead atoms. The van der Waals surface area contributed by atoms with Gasteiger partial charge in [-0.15, -0.1) is 0 Å². The van der Waals surface area contributed by atoms with Gasteiger partial charge in [-0.25, -0.2) is 4.52 Å². The molecule has 0 unspecified atom stereocenters. The summed E-state index contributed by atoms with van der Waals surface area (Å²) in [5.74, 6) is -0.362. The van der Waals surface area contributed by atoms with Crippen molar-refractivity contribution in [1.82, 2.24) is 14.9 Å². The molecule has 2 aromatic heterocycles. The van der Waals surface area contributed by atoms with Gasteiger partial charge in [0.2, 0.25) is 0 Å². The van der Waals surface area contributed by atoms with E-state index < -0.39 is 4.92 Å². The zero-order chi connectivity index (χ0) is 15.5. The molecule has 0 fully saturated rings. The van der Waals surface area contributed by atoms with Gasteiger partial charge < -0.3 is 5.32 Å². The van der Waals surface area contributed by atoms with Gasteiger partial charge in [-0.1, -0.05) is 12.1 Å². The second-order valence-corrected chi connectivity index (χ2v) is 4.69. The largest absolute Gasteiger partial charge is 0.348 e. The van der Waals surface area contributed by atoms with Gasteiger partial charge in [-0.05, 0) is 18.2 Å². The molecular formula is C15H12N4O3. The number of pyridine rings is 1. The Hall–Kier alpha value is -3.22. The van der Waals surface area contributed by atoms with E-state index >= 15 is 0 Å². The number of amides is 1.